The third kappa shape index (κ3) is 4.78. The number of anilines is 1. The van der Waals surface area contributed by atoms with Crippen molar-refractivity contribution in [2.24, 2.45) is 0 Å². The van der Waals surface area contributed by atoms with Crippen molar-refractivity contribution in [1.82, 2.24) is 10.2 Å². The molecule has 4 aromatic rings. The van der Waals surface area contributed by atoms with Crippen LogP contribution in [0.2, 0.25) is 5.02 Å². The Morgan fingerprint density at radius 1 is 0.935 bits per heavy atom. The van der Waals surface area contributed by atoms with Crippen molar-refractivity contribution in [3.63, 3.8) is 0 Å². The van der Waals surface area contributed by atoms with Gasteiger partial charge in [0.2, 0.25) is 11.8 Å². The smallest absolute Gasteiger partial charge is 0.247 e. The Bertz CT molecular complexity index is 1160. The van der Waals surface area contributed by atoms with E-state index in [1.54, 1.807) is 44.6 Å². The van der Waals surface area contributed by atoms with E-state index in [4.69, 9.17) is 25.5 Å². The van der Waals surface area contributed by atoms with E-state index < -0.39 is 6.04 Å². The molecule has 0 amide bonds. The first kappa shape index (κ1) is 20.7. The van der Waals surface area contributed by atoms with Crippen molar-refractivity contribution in [2.75, 3.05) is 19.5 Å². The zero-order chi connectivity index (χ0) is 21.8. The molecule has 4 rings (SSSR count). The Morgan fingerprint density at radius 3 is 2.29 bits per heavy atom. The first-order valence-electron chi connectivity index (χ1n) is 9.40. The number of hydrogen-bond acceptors (Lipinski definition) is 6. The summed E-state index contributed by atoms with van der Waals surface area (Å²) in [6.45, 7) is 0. The quantitative estimate of drug-likeness (QED) is 0.395. The summed E-state index contributed by atoms with van der Waals surface area (Å²) in [6.07, 6.45) is 0. The number of nitrogens with zero attached hydrogens (tertiary/aromatic N) is 2. The summed E-state index contributed by atoms with van der Waals surface area (Å²) >= 11 is 6.06. The predicted molar refractivity (Wildman–Crippen MR) is 116 cm³/mol. The molecule has 1 aromatic heterocycles. The number of nitrogens with one attached hydrogen (secondary N) is 1. The fraction of sp³-hybridized carbons (Fsp3) is 0.130. The average Bonchev–Trinajstić information content (AvgIpc) is 3.28. The van der Waals surface area contributed by atoms with Gasteiger partial charge in [0.25, 0.3) is 0 Å². The number of halogens is 2. The van der Waals surface area contributed by atoms with Gasteiger partial charge in [0.15, 0.2) is 0 Å². The molecule has 0 unspecified atom stereocenters. The van der Waals surface area contributed by atoms with Crippen LogP contribution in [0.25, 0.3) is 11.5 Å². The Balaban J connectivity index is 1.73. The van der Waals surface area contributed by atoms with E-state index in [1.165, 1.54) is 12.1 Å². The van der Waals surface area contributed by atoms with Crippen molar-refractivity contribution in [2.45, 2.75) is 6.04 Å². The molecular weight excluding hydrogens is 421 g/mol. The van der Waals surface area contributed by atoms with Gasteiger partial charge in [-0.1, -0.05) is 29.8 Å². The second-order valence-electron chi connectivity index (χ2n) is 6.69. The highest BCUT2D eigenvalue weighted by Gasteiger charge is 2.22. The lowest BCUT2D eigenvalue weighted by atomic mass is 10.1. The molecule has 1 atom stereocenters. The van der Waals surface area contributed by atoms with Crippen molar-refractivity contribution in [1.29, 1.82) is 0 Å². The summed E-state index contributed by atoms with van der Waals surface area (Å²) in [7, 11) is 3.16. The van der Waals surface area contributed by atoms with Gasteiger partial charge >= 0.3 is 0 Å². The maximum absolute atomic E-state index is 13.6. The fourth-order valence-corrected chi connectivity index (χ4v) is 3.22. The van der Waals surface area contributed by atoms with Crippen LogP contribution in [-0.4, -0.2) is 24.4 Å². The van der Waals surface area contributed by atoms with E-state index in [0.29, 0.717) is 28.0 Å². The largest absolute Gasteiger partial charge is 0.497 e. The molecule has 0 radical (unpaired) electrons. The lowest BCUT2D eigenvalue weighted by Crippen LogP contribution is -2.13. The Morgan fingerprint density at radius 2 is 1.65 bits per heavy atom. The highest BCUT2D eigenvalue weighted by Crippen LogP contribution is 2.32. The number of benzene rings is 3. The van der Waals surface area contributed by atoms with Crippen LogP contribution in [0.15, 0.2) is 71.1 Å². The van der Waals surface area contributed by atoms with Gasteiger partial charge in [-0.2, -0.15) is 0 Å². The van der Waals surface area contributed by atoms with E-state index >= 15 is 0 Å². The van der Waals surface area contributed by atoms with Gasteiger partial charge in [-0.15, -0.1) is 10.2 Å². The topological polar surface area (TPSA) is 69.4 Å². The molecule has 0 aliphatic rings. The summed E-state index contributed by atoms with van der Waals surface area (Å²) in [5.74, 6) is 1.40. The molecule has 0 fully saturated rings. The molecule has 0 saturated heterocycles. The summed E-state index contributed by atoms with van der Waals surface area (Å²) < 4.78 is 30.2. The van der Waals surface area contributed by atoms with Gasteiger partial charge in [-0.3, -0.25) is 0 Å². The van der Waals surface area contributed by atoms with Gasteiger partial charge in [0, 0.05) is 34.5 Å². The number of hydrogen-bond donors (Lipinski definition) is 1. The molecule has 3 aromatic carbocycles. The second-order valence-corrected chi connectivity index (χ2v) is 7.12. The number of rotatable bonds is 7. The van der Waals surface area contributed by atoms with Crippen molar-refractivity contribution in [3.8, 4) is 23.0 Å². The highest BCUT2D eigenvalue weighted by atomic mass is 35.5. The lowest BCUT2D eigenvalue weighted by Gasteiger charge is -2.18. The van der Waals surface area contributed by atoms with Crippen LogP contribution in [0.5, 0.6) is 11.5 Å². The van der Waals surface area contributed by atoms with E-state index in [2.05, 4.69) is 15.5 Å². The molecule has 1 N–H and O–H groups in total. The van der Waals surface area contributed by atoms with Crippen LogP contribution in [-0.2, 0) is 0 Å². The van der Waals surface area contributed by atoms with E-state index in [0.717, 1.165) is 11.3 Å². The molecular formula is C23H19ClFN3O3. The van der Waals surface area contributed by atoms with Crippen LogP contribution in [0.1, 0.15) is 17.5 Å². The van der Waals surface area contributed by atoms with Crippen LogP contribution < -0.4 is 14.8 Å². The lowest BCUT2D eigenvalue weighted by molar-refractivity contribution is 0.394. The normalized spacial score (nSPS) is 11.7. The molecule has 158 valence electrons. The minimum atomic E-state index is -0.496. The third-order valence-corrected chi connectivity index (χ3v) is 4.88. The molecule has 0 spiro atoms. The Kier molecular flexibility index (Phi) is 6.04. The molecule has 0 aliphatic heterocycles. The van der Waals surface area contributed by atoms with Gasteiger partial charge < -0.3 is 19.2 Å². The Labute approximate surface area is 183 Å². The number of methoxy groups -OCH3 is 2. The summed E-state index contributed by atoms with van der Waals surface area (Å²) in [5, 5.41) is 12.3. The van der Waals surface area contributed by atoms with Crippen molar-refractivity contribution >= 4 is 17.3 Å². The maximum atomic E-state index is 13.6. The van der Waals surface area contributed by atoms with Gasteiger partial charge in [0.1, 0.15) is 23.4 Å². The number of ether oxygens (including phenoxy) is 2. The highest BCUT2D eigenvalue weighted by molar-refractivity contribution is 6.30. The average molecular weight is 440 g/mol. The zero-order valence-electron chi connectivity index (χ0n) is 16.8. The molecule has 0 bridgehead atoms. The molecule has 8 heteroatoms. The summed E-state index contributed by atoms with van der Waals surface area (Å²) in [6, 6.07) is 18.2. The van der Waals surface area contributed by atoms with Gasteiger partial charge in [0.05, 0.1) is 14.2 Å². The zero-order valence-corrected chi connectivity index (χ0v) is 17.6. The summed E-state index contributed by atoms with van der Waals surface area (Å²) in [5.41, 5.74) is 2.07. The SMILES string of the molecule is COc1cc(N[C@@H](c2ccc(Cl)cc2)c2nnc(-c3cccc(F)c3)o2)cc(OC)c1. The van der Waals surface area contributed by atoms with E-state index in [1.807, 2.05) is 24.3 Å². The number of aromatic nitrogens is 2. The monoisotopic (exact) mass is 439 g/mol. The van der Waals surface area contributed by atoms with Crippen molar-refractivity contribution < 1.29 is 18.3 Å². The van der Waals surface area contributed by atoms with Gasteiger partial charge in [-0.25, -0.2) is 4.39 Å². The van der Waals surface area contributed by atoms with E-state index in [-0.39, 0.29) is 11.7 Å². The molecule has 0 aliphatic carbocycles. The van der Waals surface area contributed by atoms with E-state index in [9.17, 15) is 4.39 Å². The predicted octanol–water partition coefficient (Wildman–Crippen LogP) is 5.75. The van der Waals surface area contributed by atoms with Crippen LogP contribution in [0.3, 0.4) is 0 Å². The van der Waals surface area contributed by atoms with Crippen molar-refractivity contribution in [3.05, 3.63) is 89.0 Å². The first-order valence-corrected chi connectivity index (χ1v) is 9.78. The molecule has 31 heavy (non-hydrogen) atoms. The van der Waals surface area contributed by atoms with Crippen LogP contribution in [0, 0.1) is 5.82 Å². The maximum Gasteiger partial charge on any atom is 0.247 e. The summed E-state index contributed by atoms with van der Waals surface area (Å²) in [4.78, 5) is 0. The standard InChI is InChI=1S/C23H19ClFN3O3/c1-29-19-11-18(12-20(13-19)30-2)26-21(14-6-8-16(24)9-7-14)23-28-27-22(31-23)15-4-3-5-17(25)10-15/h3-13,21,26H,1-2H3/t21-/m0/s1. The molecule has 1 heterocycles. The minimum absolute atomic E-state index is 0.221. The molecule has 0 saturated carbocycles. The second kappa shape index (κ2) is 9.06. The minimum Gasteiger partial charge on any atom is -0.497 e. The van der Waals surface area contributed by atoms with Gasteiger partial charge in [-0.05, 0) is 35.9 Å². The van der Waals surface area contributed by atoms with Crippen LogP contribution in [0.4, 0.5) is 10.1 Å². The first-order chi connectivity index (χ1) is 15.1. The van der Waals surface area contributed by atoms with Crippen LogP contribution >= 0.6 is 11.6 Å². The Hall–Kier alpha value is -3.58. The third-order valence-electron chi connectivity index (χ3n) is 4.62. The fourth-order valence-electron chi connectivity index (χ4n) is 3.09. The molecule has 6 nitrogen and oxygen atoms in total.